The van der Waals surface area contributed by atoms with Gasteiger partial charge in [-0.25, -0.2) is 0 Å². The molecule has 0 saturated heterocycles. The average Bonchev–Trinajstić information content (AvgIpc) is 2.68. The molecular formula is C20H21N5. The molecule has 0 aliphatic carbocycles. The molecule has 126 valence electrons. The number of aryl methyl sites for hydroxylation is 1. The van der Waals surface area contributed by atoms with Gasteiger partial charge in [-0.1, -0.05) is 48.5 Å². The summed E-state index contributed by atoms with van der Waals surface area (Å²) in [5.41, 5.74) is 3.77. The van der Waals surface area contributed by atoms with Gasteiger partial charge in [0.15, 0.2) is 5.82 Å². The van der Waals surface area contributed by atoms with Crippen LogP contribution in [0.5, 0.6) is 0 Å². The lowest BCUT2D eigenvalue weighted by Gasteiger charge is -2.30. The summed E-state index contributed by atoms with van der Waals surface area (Å²) >= 11 is 0. The Morgan fingerprint density at radius 1 is 1.04 bits per heavy atom. The molecule has 2 heterocycles. The summed E-state index contributed by atoms with van der Waals surface area (Å²) in [6.45, 7) is 3.05. The van der Waals surface area contributed by atoms with E-state index in [-0.39, 0.29) is 6.04 Å². The number of nitrogens with one attached hydrogen (secondary N) is 1. The average molecular weight is 331 g/mol. The van der Waals surface area contributed by atoms with E-state index in [0.717, 1.165) is 25.2 Å². The zero-order valence-electron chi connectivity index (χ0n) is 14.3. The lowest BCUT2D eigenvalue weighted by Crippen LogP contribution is -2.26. The second-order valence-electron chi connectivity index (χ2n) is 6.30. The smallest absolute Gasteiger partial charge is 0.245 e. The molecule has 4 rings (SSSR count). The van der Waals surface area contributed by atoms with Crippen LogP contribution in [0.25, 0.3) is 0 Å². The maximum atomic E-state index is 4.70. The molecule has 1 aromatic heterocycles. The molecule has 5 nitrogen and oxygen atoms in total. The van der Waals surface area contributed by atoms with Crippen LogP contribution in [-0.2, 0) is 6.42 Å². The van der Waals surface area contributed by atoms with E-state index < -0.39 is 0 Å². The summed E-state index contributed by atoms with van der Waals surface area (Å²) < 4.78 is 0. The second-order valence-corrected chi connectivity index (χ2v) is 6.30. The Balaban J connectivity index is 1.58. The van der Waals surface area contributed by atoms with Crippen LogP contribution in [0.2, 0.25) is 0 Å². The number of aromatic nitrogens is 3. The van der Waals surface area contributed by atoms with Crippen molar-refractivity contribution in [3.63, 3.8) is 0 Å². The van der Waals surface area contributed by atoms with Gasteiger partial charge in [0.05, 0.1) is 12.2 Å². The van der Waals surface area contributed by atoms with Crippen LogP contribution in [-0.4, -0.2) is 21.7 Å². The molecule has 25 heavy (non-hydrogen) atoms. The summed E-state index contributed by atoms with van der Waals surface area (Å²) in [6.07, 6.45) is 3.96. The zero-order chi connectivity index (χ0) is 17.1. The Morgan fingerprint density at radius 2 is 1.84 bits per heavy atom. The topological polar surface area (TPSA) is 53.9 Å². The van der Waals surface area contributed by atoms with Crippen LogP contribution in [0.3, 0.4) is 0 Å². The molecule has 1 unspecified atom stereocenters. The van der Waals surface area contributed by atoms with Crippen molar-refractivity contribution in [1.29, 1.82) is 0 Å². The van der Waals surface area contributed by atoms with Crippen LogP contribution in [0.4, 0.5) is 17.5 Å². The van der Waals surface area contributed by atoms with E-state index in [1.165, 1.54) is 16.8 Å². The molecule has 0 saturated carbocycles. The van der Waals surface area contributed by atoms with Gasteiger partial charge < -0.3 is 10.2 Å². The summed E-state index contributed by atoms with van der Waals surface area (Å²) in [7, 11) is 0. The Morgan fingerprint density at radius 3 is 2.72 bits per heavy atom. The molecule has 0 bridgehead atoms. The minimum absolute atomic E-state index is 0.117. The number of rotatable bonds is 4. The Kier molecular flexibility index (Phi) is 4.29. The molecule has 5 heteroatoms. The number of para-hydroxylation sites is 1. The molecule has 1 atom stereocenters. The summed E-state index contributed by atoms with van der Waals surface area (Å²) in [6, 6.07) is 18.9. The van der Waals surface area contributed by atoms with Gasteiger partial charge in [0.1, 0.15) is 0 Å². The Labute approximate surface area is 147 Å². The Hall–Kier alpha value is -2.95. The minimum Gasteiger partial charge on any atom is -0.346 e. The lowest BCUT2D eigenvalue weighted by molar-refractivity contribution is 0.751. The van der Waals surface area contributed by atoms with Crippen molar-refractivity contribution in [2.24, 2.45) is 0 Å². The van der Waals surface area contributed by atoms with E-state index in [1.807, 2.05) is 18.2 Å². The quantitative estimate of drug-likeness (QED) is 0.779. The maximum Gasteiger partial charge on any atom is 0.245 e. The largest absolute Gasteiger partial charge is 0.346 e. The number of fused-ring (bicyclic) bond motifs is 1. The molecule has 0 amide bonds. The van der Waals surface area contributed by atoms with Gasteiger partial charge in [0.2, 0.25) is 5.95 Å². The first kappa shape index (κ1) is 15.6. The van der Waals surface area contributed by atoms with Gasteiger partial charge >= 0.3 is 0 Å². The summed E-state index contributed by atoms with van der Waals surface area (Å²) in [4.78, 5) is 6.93. The van der Waals surface area contributed by atoms with Gasteiger partial charge in [-0.2, -0.15) is 10.1 Å². The fourth-order valence-electron chi connectivity index (χ4n) is 3.28. The monoisotopic (exact) mass is 331 g/mol. The van der Waals surface area contributed by atoms with E-state index in [9.17, 15) is 0 Å². The highest BCUT2D eigenvalue weighted by molar-refractivity contribution is 5.65. The van der Waals surface area contributed by atoms with Crippen LogP contribution < -0.4 is 10.2 Å². The van der Waals surface area contributed by atoms with Crippen molar-refractivity contribution in [1.82, 2.24) is 15.2 Å². The maximum absolute atomic E-state index is 4.70. The normalized spacial score (nSPS) is 14.7. The predicted octanol–water partition coefficient (Wildman–Crippen LogP) is 4.13. The van der Waals surface area contributed by atoms with Crippen LogP contribution in [0.1, 0.15) is 30.5 Å². The first-order valence-electron chi connectivity index (χ1n) is 8.68. The van der Waals surface area contributed by atoms with E-state index in [4.69, 9.17) is 4.98 Å². The van der Waals surface area contributed by atoms with E-state index >= 15 is 0 Å². The molecule has 1 aliphatic heterocycles. The lowest BCUT2D eigenvalue weighted by atomic mass is 10.0. The van der Waals surface area contributed by atoms with Gasteiger partial charge in [-0.15, -0.1) is 5.10 Å². The van der Waals surface area contributed by atoms with Crippen LogP contribution in [0, 0.1) is 0 Å². The minimum atomic E-state index is 0.117. The highest BCUT2D eigenvalue weighted by Gasteiger charge is 2.19. The third kappa shape index (κ3) is 3.31. The highest BCUT2D eigenvalue weighted by Crippen LogP contribution is 2.32. The van der Waals surface area contributed by atoms with Crippen molar-refractivity contribution in [2.45, 2.75) is 25.8 Å². The number of hydrogen-bond acceptors (Lipinski definition) is 5. The molecular weight excluding hydrogens is 310 g/mol. The second kappa shape index (κ2) is 6.89. The third-order valence-corrected chi connectivity index (χ3v) is 4.58. The van der Waals surface area contributed by atoms with Crippen molar-refractivity contribution >= 4 is 17.5 Å². The van der Waals surface area contributed by atoms with E-state index in [0.29, 0.717) is 5.95 Å². The molecule has 0 radical (unpaired) electrons. The molecule has 3 aromatic rings. The number of benzene rings is 2. The first-order chi connectivity index (χ1) is 12.3. The molecule has 1 N–H and O–H groups in total. The predicted molar refractivity (Wildman–Crippen MR) is 100 cm³/mol. The van der Waals surface area contributed by atoms with Gasteiger partial charge in [0.25, 0.3) is 0 Å². The van der Waals surface area contributed by atoms with Gasteiger partial charge in [-0.05, 0) is 37.0 Å². The number of anilines is 3. The van der Waals surface area contributed by atoms with E-state index in [1.54, 1.807) is 6.20 Å². The SMILES string of the molecule is CC(Nc1nncc(N2CCCc3ccccc32)n1)c1ccccc1. The summed E-state index contributed by atoms with van der Waals surface area (Å²) in [5.74, 6) is 1.39. The third-order valence-electron chi connectivity index (χ3n) is 4.58. The first-order valence-corrected chi connectivity index (χ1v) is 8.68. The van der Waals surface area contributed by atoms with Crippen LogP contribution in [0.15, 0.2) is 60.8 Å². The van der Waals surface area contributed by atoms with Crippen molar-refractivity contribution in [3.05, 3.63) is 71.9 Å². The number of nitrogens with zero attached hydrogens (tertiary/aromatic N) is 4. The Bertz CT molecular complexity index is 849. The fourth-order valence-corrected chi connectivity index (χ4v) is 3.28. The van der Waals surface area contributed by atoms with Gasteiger partial charge in [-0.3, -0.25) is 0 Å². The highest BCUT2D eigenvalue weighted by atomic mass is 15.3. The molecule has 1 aliphatic rings. The van der Waals surface area contributed by atoms with Crippen molar-refractivity contribution in [3.8, 4) is 0 Å². The molecule has 2 aromatic carbocycles. The van der Waals surface area contributed by atoms with Crippen molar-refractivity contribution < 1.29 is 0 Å². The standard InChI is InChI=1S/C20H21N5/c1-15(16-8-3-2-4-9-16)22-20-23-19(14-21-24-20)25-13-7-11-17-10-5-6-12-18(17)25/h2-6,8-10,12,14-15H,7,11,13H2,1H3,(H,22,23,24). The number of hydrogen-bond donors (Lipinski definition) is 1. The molecule has 0 fully saturated rings. The summed E-state index contributed by atoms with van der Waals surface area (Å²) in [5, 5.41) is 11.7. The van der Waals surface area contributed by atoms with Crippen molar-refractivity contribution in [2.75, 3.05) is 16.8 Å². The van der Waals surface area contributed by atoms with E-state index in [2.05, 4.69) is 63.7 Å². The van der Waals surface area contributed by atoms with Crippen LogP contribution >= 0.6 is 0 Å². The zero-order valence-corrected chi connectivity index (χ0v) is 14.3. The fraction of sp³-hybridized carbons (Fsp3) is 0.250. The van der Waals surface area contributed by atoms with Gasteiger partial charge in [0, 0.05) is 12.2 Å². The molecule has 0 spiro atoms.